The van der Waals surface area contributed by atoms with Gasteiger partial charge in [-0.2, -0.15) is 0 Å². The molecule has 0 aliphatic carbocycles. The summed E-state index contributed by atoms with van der Waals surface area (Å²) in [6.45, 7) is 0. The van der Waals surface area contributed by atoms with Crippen molar-refractivity contribution >= 4 is 35.5 Å². The molecule has 0 saturated carbocycles. The van der Waals surface area contributed by atoms with Gasteiger partial charge in [0.2, 0.25) is 0 Å². The Morgan fingerprint density at radius 2 is 1.92 bits per heavy atom. The molecule has 1 fully saturated rings. The number of carboxylic acid groups (broad SMARTS) is 1. The molecule has 13 heavy (non-hydrogen) atoms. The third-order valence-electron chi connectivity index (χ3n) is 1.85. The summed E-state index contributed by atoms with van der Waals surface area (Å²) < 4.78 is 4.90. The van der Waals surface area contributed by atoms with E-state index < -0.39 is 12.1 Å². The third-order valence-corrected chi connectivity index (χ3v) is 1.85. The molecule has 1 aromatic rings. The van der Waals surface area contributed by atoms with Gasteiger partial charge in [-0.1, -0.05) is 30.3 Å². The minimum Gasteiger partial charge on any atom is -0.547 e. The average molecular weight is 186 g/mol. The van der Waals surface area contributed by atoms with Gasteiger partial charge in [-0.15, -0.1) is 0 Å². The summed E-state index contributed by atoms with van der Waals surface area (Å²) in [5.41, 5.74) is 0.895. The first kappa shape index (κ1) is 10.7. The van der Waals surface area contributed by atoms with Crippen molar-refractivity contribution in [1.29, 1.82) is 0 Å². The minimum atomic E-state index is -1.14. The van der Waals surface area contributed by atoms with Gasteiger partial charge in [0.15, 0.2) is 0 Å². The molecule has 0 amide bonds. The van der Waals surface area contributed by atoms with Gasteiger partial charge >= 0.3 is 0 Å². The van der Waals surface area contributed by atoms with E-state index >= 15 is 0 Å². The number of benzene rings is 1. The van der Waals surface area contributed by atoms with E-state index in [0.29, 0.717) is 0 Å². The summed E-state index contributed by atoms with van der Waals surface area (Å²) in [6.07, 6.45) is -1.04. The number of aliphatic carboxylic acids is 1. The molecule has 0 bridgehead atoms. The van der Waals surface area contributed by atoms with Crippen molar-refractivity contribution in [1.82, 2.24) is 0 Å². The van der Waals surface area contributed by atoms with Gasteiger partial charge in [0.25, 0.3) is 0 Å². The van der Waals surface area contributed by atoms with Crippen LogP contribution in [0, 0.1) is 0 Å². The summed E-state index contributed by atoms with van der Waals surface area (Å²) in [5.74, 6) is -1.14. The molecule has 3 nitrogen and oxygen atoms in total. The van der Waals surface area contributed by atoms with Crippen LogP contribution in [0.2, 0.25) is 0 Å². The fraction of sp³-hybridized carbons (Fsp3) is 0.222. The molecule has 1 heterocycles. The number of hydrogen-bond acceptors (Lipinski definition) is 3. The molecule has 1 aliphatic heterocycles. The van der Waals surface area contributed by atoms with Crippen LogP contribution in [-0.4, -0.2) is 41.6 Å². The molecule has 1 radical (unpaired) electrons. The molecule has 2 unspecified atom stereocenters. The minimum absolute atomic E-state index is 0. The number of hydrogen-bond donors (Lipinski definition) is 0. The number of carboxylic acids is 1. The van der Waals surface area contributed by atoms with Gasteiger partial charge in [0.05, 0.1) is 5.97 Å². The summed E-state index contributed by atoms with van der Waals surface area (Å²) in [5, 5.41) is 10.3. The first-order chi connectivity index (χ1) is 5.79. The van der Waals surface area contributed by atoms with Crippen molar-refractivity contribution in [2.24, 2.45) is 0 Å². The van der Waals surface area contributed by atoms with Crippen molar-refractivity contribution in [3.8, 4) is 0 Å². The maximum Gasteiger partial charge on any atom is 0.128 e. The maximum absolute atomic E-state index is 10.3. The van der Waals surface area contributed by atoms with Crippen LogP contribution in [0.1, 0.15) is 11.7 Å². The van der Waals surface area contributed by atoms with Crippen molar-refractivity contribution < 1.29 is 14.6 Å². The van der Waals surface area contributed by atoms with Crippen LogP contribution in [0.4, 0.5) is 0 Å². The second kappa shape index (κ2) is 4.24. The first-order valence-corrected chi connectivity index (χ1v) is 3.70. The van der Waals surface area contributed by atoms with E-state index in [1.54, 1.807) is 0 Å². The molecule has 2 rings (SSSR count). The molecule has 1 saturated heterocycles. The Morgan fingerprint density at radius 3 is 2.38 bits per heavy atom. The zero-order valence-electron chi connectivity index (χ0n) is 7.27. The van der Waals surface area contributed by atoms with Crippen LogP contribution in [0.3, 0.4) is 0 Å². The second-order valence-corrected chi connectivity index (χ2v) is 2.71. The molecule has 0 aromatic heterocycles. The smallest absolute Gasteiger partial charge is 0.128 e. The van der Waals surface area contributed by atoms with E-state index in [9.17, 15) is 9.90 Å². The van der Waals surface area contributed by atoms with Crippen molar-refractivity contribution in [2.75, 3.05) is 0 Å². The largest absolute Gasteiger partial charge is 0.547 e. The fourth-order valence-electron chi connectivity index (χ4n) is 1.19. The van der Waals surface area contributed by atoms with Crippen LogP contribution in [0.15, 0.2) is 30.3 Å². The Morgan fingerprint density at radius 1 is 1.31 bits per heavy atom. The van der Waals surface area contributed by atoms with Crippen molar-refractivity contribution in [2.45, 2.75) is 12.2 Å². The molecule has 1 aromatic carbocycles. The van der Waals surface area contributed by atoms with E-state index in [4.69, 9.17) is 4.74 Å². The van der Waals surface area contributed by atoms with Crippen LogP contribution in [0.5, 0.6) is 0 Å². The molecule has 2 atom stereocenters. The topological polar surface area (TPSA) is 52.7 Å². The second-order valence-electron chi connectivity index (χ2n) is 2.71. The zero-order valence-corrected chi connectivity index (χ0v) is 9.27. The monoisotopic (exact) mass is 186 g/mol. The maximum atomic E-state index is 10.3. The van der Waals surface area contributed by atoms with Crippen LogP contribution >= 0.6 is 0 Å². The fourth-order valence-corrected chi connectivity index (χ4v) is 1.19. The third kappa shape index (κ3) is 2.31. The number of carbonyl (C=O) groups excluding carboxylic acids is 1. The predicted molar refractivity (Wildman–Crippen MR) is 44.8 cm³/mol. The van der Waals surface area contributed by atoms with Gasteiger partial charge in [0, 0.05) is 29.6 Å². The average Bonchev–Trinajstić information content (AvgIpc) is 2.84. The summed E-state index contributed by atoms with van der Waals surface area (Å²) >= 11 is 0. The van der Waals surface area contributed by atoms with E-state index in [1.807, 2.05) is 30.3 Å². The predicted octanol–water partition coefficient (Wildman–Crippen LogP) is -0.504. The van der Waals surface area contributed by atoms with E-state index in [1.165, 1.54) is 0 Å². The van der Waals surface area contributed by atoms with E-state index in [-0.39, 0.29) is 35.7 Å². The Kier molecular flexibility index (Phi) is 3.50. The standard InChI is InChI=1S/C9H8O3.Na/c10-9(11)8-7(12-8)6-4-2-1-3-5-6;/h1-5,7-8H,(H,10,11);/p-1. The van der Waals surface area contributed by atoms with Gasteiger partial charge in [-0.3, -0.25) is 0 Å². The number of ether oxygens (including phenoxy) is 1. The Hall–Kier alpha value is -0.350. The summed E-state index contributed by atoms with van der Waals surface area (Å²) in [6, 6.07) is 9.26. The van der Waals surface area contributed by atoms with Crippen LogP contribution in [0.25, 0.3) is 0 Å². The van der Waals surface area contributed by atoms with Gasteiger partial charge in [-0.25, -0.2) is 0 Å². The van der Waals surface area contributed by atoms with E-state index in [2.05, 4.69) is 0 Å². The molecule has 63 valence electrons. The molecule has 0 spiro atoms. The Balaban J connectivity index is 0.000000845. The van der Waals surface area contributed by atoms with Gasteiger partial charge < -0.3 is 14.6 Å². The normalized spacial score (nSPS) is 24.6. The summed E-state index contributed by atoms with van der Waals surface area (Å²) in [4.78, 5) is 10.3. The molecule has 0 N–H and O–H groups in total. The number of epoxide rings is 1. The number of rotatable bonds is 2. The Labute approximate surface area is 98.0 Å². The van der Waals surface area contributed by atoms with E-state index in [0.717, 1.165) is 5.56 Å². The van der Waals surface area contributed by atoms with Gasteiger partial charge in [0.1, 0.15) is 12.2 Å². The van der Waals surface area contributed by atoms with Crippen LogP contribution < -0.4 is 5.11 Å². The SMILES string of the molecule is O=C([O-])C1OC1c1ccccc1.[Na]. The summed E-state index contributed by atoms with van der Waals surface area (Å²) in [7, 11) is 0. The first-order valence-electron chi connectivity index (χ1n) is 3.70. The molecule has 1 aliphatic rings. The quantitative estimate of drug-likeness (QED) is 0.462. The molecule has 4 heteroatoms. The Bertz CT molecular complexity index is 299. The zero-order chi connectivity index (χ0) is 8.55. The molecular formula is C9H7NaO3-. The van der Waals surface area contributed by atoms with Gasteiger partial charge in [-0.05, 0) is 5.56 Å². The number of carbonyl (C=O) groups is 1. The van der Waals surface area contributed by atoms with Crippen LogP contribution in [-0.2, 0) is 9.53 Å². The van der Waals surface area contributed by atoms with Crippen molar-refractivity contribution in [3.63, 3.8) is 0 Å². The van der Waals surface area contributed by atoms with Crippen molar-refractivity contribution in [3.05, 3.63) is 35.9 Å². The molecular weight excluding hydrogens is 179 g/mol.